The van der Waals surface area contributed by atoms with Crippen LogP contribution < -0.4 is 0 Å². The van der Waals surface area contributed by atoms with E-state index in [1.54, 1.807) is 4.90 Å². The SMILES string of the molecule is CN(C)C(=O)[C@@H](c1ccccc1)N1CCN(Cc2nccn2C)CC1. The van der Waals surface area contributed by atoms with Crippen molar-refractivity contribution in [3.05, 3.63) is 54.1 Å². The molecule has 3 rings (SSSR count). The van der Waals surface area contributed by atoms with E-state index >= 15 is 0 Å². The highest BCUT2D eigenvalue weighted by Crippen LogP contribution is 2.24. The Balaban J connectivity index is 1.68. The Hall–Kier alpha value is -2.18. The van der Waals surface area contributed by atoms with Gasteiger partial charge in [0.15, 0.2) is 0 Å². The fraction of sp³-hybridized carbons (Fsp3) is 0.474. The van der Waals surface area contributed by atoms with Crippen LogP contribution in [0.25, 0.3) is 0 Å². The first-order valence-electron chi connectivity index (χ1n) is 8.75. The summed E-state index contributed by atoms with van der Waals surface area (Å²) in [5.41, 5.74) is 1.07. The lowest BCUT2D eigenvalue weighted by Crippen LogP contribution is -2.50. The number of amides is 1. The monoisotopic (exact) mass is 341 g/mol. The number of nitrogens with zero attached hydrogens (tertiary/aromatic N) is 5. The van der Waals surface area contributed by atoms with Crippen molar-refractivity contribution in [2.24, 2.45) is 7.05 Å². The zero-order chi connectivity index (χ0) is 17.8. The van der Waals surface area contributed by atoms with Crippen LogP contribution in [0, 0.1) is 0 Å². The van der Waals surface area contributed by atoms with Gasteiger partial charge in [0.2, 0.25) is 5.91 Å². The van der Waals surface area contributed by atoms with Crippen molar-refractivity contribution in [2.75, 3.05) is 40.3 Å². The molecule has 25 heavy (non-hydrogen) atoms. The second-order valence-corrected chi connectivity index (χ2v) is 6.81. The number of carbonyl (C=O) groups excluding carboxylic acids is 1. The second-order valence-electron chi connectivity index (χ2n) is 6.81. The minimum absolute atomic E-state index is 0.142. The molecule has 0 N–H and O–H groups in total. The van der Waals surface area contributed by atoms with Gasteiger partial charge in [-0.2, -0.15) is 0 Å². The third-order valence-electron chi connectivity index (χ3n) is 4.85. The molecule has 0 aliphatic carbocycles. The molecule has 1 amide bonds. The summed E-state index contributed by atoms with van der Waals surface area (Å²) in [6, 6.07) is 9.89. The number of piperazine rings is 1. The van der Waals surface area contributed by atoms with Gasteiger partial charge in [-0.15, -0.1) is 0 Å². The van der Waals surface area contributed by atoms with Crippen LogP contribution in [0.4, 0.5) is 0 Å². The van der Waals surface area contributed by atoms with Gasteiger partial charge in [0.1, 0.15) is 11.9 Å². The van der Waals surface area contributed by atoms with E-state index in [1.165, 1.54) is 0 Å². The van der Waals surface area contributed by atoms with E-state index in [9.17, 15) is 4.79 Å². The number of rotatable bonds is 5. The first-order valence-corrected chi connectivity index (χ1v) is 8.75. The summed E-state index contributed by atoms with van der Waals surface area (Å²) < 4.78 is 2.06. The zero-order valence-electron chi connectivity index (χ0n) is 15.3. The Bertz CT molecular complexity index is 689. The molecule has 0 saturated carbocycles. The van der Waals surface area contributed by atoms with Crippen LogP contribution in [0.1, 0.15) is 17.4 Å². The molecule has 0 spiro atoms. The van der Waals surface area contributed by atoms with Crippen LogP contribution in [-0.4, -0.2) is 70.4 Å². The highest BCUT2D eigenvalue weighted by Gasteiger charge is 2.31. The maximum absolute atomic E-state index is 12.8. The molecule has 1 aliphatic rings. The van der Waals surface area contributed by atoms with E-state index < -0.39 is 0 Å². The number of carbonyl (C=O) groups is 1. The van der Waals surface area contributed by atoms with Gasteiger partial charge in [0.25, 0.3) is 0 Å². The molecule has 1 fully saturated rings. The van der Waals surface area contributed by atoms with Gasteiger partial charge < -0.3 is 9.47 Å². The lowest BCUT2D eigenvalue weighted by atomic mass is 10.0. The summed E-state index contributed by atoms with van der Waals surface area (Å²) >= 11 is 0. The maximum atomic E-state index is 12.8. The van der Waals surface area contributed by atoms with E-state index in [2.05, 4.69) is 19.4 Å². The summed E-state index contributed by atoms with van der Waals surface area (Å²) in [6.45, 7) is 4.50. The van der Waals surface area contributed by atoms with Crippen molar-refractivity contribution < 1.29 is 4.79 Å². The van der Waals surface area contributed by atoms with Crippen molar-refractivity contribution in [1.82, 2.24) is 24.3 Å². The molecule has 2 heterocycles. The number of hydrogen-bond donors (Lipinski definition) is 0. The summed E-state index contributed by atoms with van der Waals surface area (Å²) in [5, 5.41) is 0. The van der Waals surface area contributed by atoms with E-state index in [4.69, 9.17) is 0 Å². The first kappa shape index (κ1) is 17.6. The van der Waals surface area contributed by atoms with E-state index in [0.29, 0.717) is 0 Å². The van der Waals surface area contributed by atoms with Crippen molar-refractivity contribution >= 4 is 5.91 Å². The molecule has 1 atom stereocenters. The number of likely N-dealkylation sites (N-methyl/N-ethyl adjacent to an activating group) is 1. The largest absolute Gasteiger partial charge is 0.347 e. The molecule has 6 nitrogen and oxygen atoms in total. The van der Waals surface area contributed by atoms with Crippen molar-refractivity contribution in [2.45, 2.75) is 12.6 Å². The molecule has 2 aromatic rings. The van der Waals surface area contributed by atoms with Crippen LogP contribution in [0.3, 0.4) is 0 Å². The van der Waals surface area contributed by atoms with Crippen molar-refractivity contribution in [1.29, 1.82) is 0 Å². The summed E-state index contributed by atoms with van der Waals surface area (Å²) in [6.07, 6.45) is 3.82. The summed E-state index contributed by atoms with van der Waals surface area (Å²) in [5.74, 6) is 1.22. The fourth-order valence-corrected chi connectivity index (χ4v) is 3.32. The quantitative estimate of drug-likeness (QED) is 0.824. The molecule has 0 radical (unpaired) electrons. The molecule has 6 heteroatoms. The Morgan fingerprint density at radius 2 is 1.84 bits per heavy atom. The Morgan fingerprint density at radius 3 is 2.40 bits per heavy atom. The first-order chi connectivity index (χ1) is 12.1. The standard InChI is InChI=1S/C19H27N5O/c1-21(2)19(25)18(16-7-5-4-6-8-16)24-13-11-23(12-14-24)15-17-20-9-10-22(17)3/h4-10,18H,11-15H2,1-3H3/t18-/m1/s1. The average molecular weight is 341 g/mol. The summed E-state index contributed by atoms with van der Waals surface area (Å²) in [7, 11) is 5.69. The van der Waals surface area contributed by atoms with Crippen LogP contribution in [0.2, 0.25) is 0 Å². The Labute approximate surface area is 149 Å². The minimum atomic E-state index is -0.202. The molecule has 1 aliphatic heterocycles. The molecule has 134 valence electrons. The number of aromatic nitrogens is 2. The van der Waals surface area contributed by atoms with Crippen LogP contribution in [0.5, 0.6) is 0 Å². The molecule has 0 bridgehead atoms. The predicted molar refractivity (Wildman–Crippen MR) is 97.9 cm³/mol. The summed E-state index contributed by atoms with van der Waals surface area (Å²) in [4.78, 5) is 23.6. The van der Waals surface area contributed by atoms with E-state index in [0.717, 1.165) is 44.1 Å². The number of aryl methyl sites for hydroxylation is 1. The number of benzene rings is 1. The van der Waals surface area contributed by atoms with Crippen molar-refractivity contribution in [3.63, 3.8) is 0 Å². The van der Waals surface area contributed by atoms with Crippen LogP contribution in [0.15, 0.2) is 42.7 Å². The topological polar surface area (TPSA) is 44.6 Å². The normalized spacial score (nSPS) is 17.4. The van der Waals surface area contributed by atoms with Gasteiger partial charge in [-0.25, -0.2) is 4.98 Å². The van der Waals surface area contributed by atoms with Gasteiger partial charge in [0, 0.05) is 59.7 Å². The van der Waals surface area contributed by atoms with E-state index in [-0.39, 0.29) is 11.9 Å². The molecular weight excluding hydrogens is 314 g/mol. The lowest BCUT2D eigenvalue weighted by molar-refractivity contribution is -0.135. The Kier molecular flexibility index (Phi) is 5.50. The van der Waals surface area contributed by atoms with Gasteiger partial charge >= 0.3 is 0 Å². The lowest BCUT2D eigenvalue weighted by Gasteiger charge is -2.39. The number of hydrogen-bond acceptors (Lipinski definition) is 4. The molecule has 1 aromatic heterocycles. The number of imidazole rings is 1. The fourth-order valence-electron chi connectivity index (χ4n) is 3.32. The third kappa shape index (κ3) is 4.08. The smallest absolute Gasteiger partial charge is 0.244 e. The van der Waals surface area contributed by atoms with Gasteiger partial charge in [0.05, 0.1) is 6.54 Å². The zero-order valence-corrected chi connectivity index (χ0v) is 15.3. The average Bonchev–Trinajstić information content (AvgIpc) is 3.02. The van der Waals surface area contributed by atoms with Gasteiger partial charge in [-0.3, -0.25) is 14.6 Å². The van der Waals surface area contributed by atoms with Crippen LogP contribution in [-0.2, 0) is 18.4 Å². The van der Waals surface area contributed by atoms with E-state index in [1.807, 2.05) is 63.9 Å². The second kappa shape index (κ2) is 7.80. The highest BCUT2D eigenvalue weighted by atomic mass is 16.2. The van der Waals surface area contributed by atoms with Crippen molar-refractivity contribution in [3.8, 4) is 0 Å². The van der Waals surface area contributed by atoms with Crippen LogP contribution >= 0.6 is 0 Å². The minimum Gasteiger partial charge on any atom is -0.347 e. The molecule has 1 aromatic carbocycles. The third-order valence-corrected chi connectivity index (χ3v) is 4.85. The van der Waals surface area contributed by atoms with Gasteiger partial charge in [-0.05, 0) is 5.56 Å². The highest BCUT2D eigenvalue weighted by molar-refractivity contribution is 5.82. The molecule has 0 unspecified atom stereocenters. The predicted octanol–water partition coefficient (Wildman–Crippen LogP) is 1.37. The molecular formula is C19H27N5O. The Morgan fingerprint density at radius 1 is 1.16 bits per heavy atom. The molecule has 1 saturated heterocycles. The van der Waals surface area contributed by atoms with Gasteiger partial charge in [-0.1, -0.05) is 30.3 Å². The maximum Gasteiger partial charge on any atom is 0.244 e.